The minimum atomic E-state index is 0.597. The first-order valence-electron chi connectivity index (χ1n) is 14.7. The van der Waals surface area contributed by atoms with Crippen molar-refractivity contribution in [2.75, 3.05) is 0 Å². The van der Waals surface area contributed by atoms with E-state index in [4.69, 9.17) is 19.4 Å². The lowest BCUT2D eigenvalue weighted by Gasteiger charge is -2.16. The first-order valence-corrected chi connectivity index (χ1v) is 14.7. The van der Waals surface area contributed by atoms with Gasteiger partial charge in [-0.05, 0) is 65.1 Å². The summed E-state index contributed by atoms with van der Waals surface area (Å²) in [5.41, 5.74) is 10.2. The molecule has 0 saturated carbocycles. The molecule has 2 aromatic heterocycles. The van der Waals surface area contributed by atoms with Crippen molar-refractivity contribution in [3.63, 3.8) is 0 Å². The van der Waals surface area contributed by atoms with Crippen LogP contribution in [0.5, 0.6) is 0 Å². The molecule has 44 heavy (non-hydrogen) atoms. The molecule has 0 saturated heterocycles. The molecule has 4 heteroatoms. The first-order chi connectivity index (χ1) is 21.7. The summed E-state index contributed by atoms with van der Waals surface area (Å²) in [6.45, 7) is 2.19. The van der Waals surface area contributed by atoms with Crippen molar-refractivity contribution in [1.82, 2.24) is 15.0 Å². The van der Waals surface area contributed by atoms with E-state index in [1.54, 1.807) is 0 Å². The lowest BCUT2D eigenvalue weighted by atomic mass is 9.90. The molecule has 0 aliphatic heterocycles. The van der Waals surface area contributed by atoms with Gasteiger partial charge in [0, 0.05) is 27.5 Å². The molecule has 0 fully saturated rings. The maximum absolute atomic E-state index is 6.22. The summed E-state index contributed by atoms with van der Waals surface area (Å²) in [6, 6.07) is 49.8. The third-order valence-corrected chi connectivity index (χ3v) is 8.14. The fourth-order valence-corrected chi connectivity index (χ4v) is 5.89. The average molecular weight is 566 g/mol. The average Bonchev–Trinajstić information content (AvgIpc) is 3.47. The standard InChI is InChI=1S/C40H27N3O/c1-26-34(27-13-5-2-6-14-27)23-31(24-35(26)28-15-7-3-8-16-28)40-42-38(29-17-9-4-10-18-29)41-39(43-40)30-21-22-33-32-19-11-12-20-36(32)44-37(33)25-30/h2-25H,1H3. The van der Waals surface area contributed by atoms with E-state index in [2.05, 4.69) is 85.8 Å². The van der Waals surface area contributed by atoms with E-state index in [1.165, 1.54) is 5.56 Å². The molecule has 0 amide bonds. The highest BCUT2D eigenvalue weighted by molar-refractivity contribution is 6.05. The second-order valence-corrected chi connectivity index (χ2v) is 10.9. The van der Waals surface area contributed by atoms with Crippen LogP contribution >= 0.6 is 0 Å². The molecule has 0 atom stereocenters. The monoisotopic (exact) mass is 565 g/mol. The molecular weight excluding hydrogens is 538 g/mol. The van der Waals surface area contributed by atoms with Crippen LogP contribution < -0.4 is 0 Å². The number of nitrogens with zero attached hydrogens (tertiary/aromatic N) is 3. The lowest BCUT2D eigenvalue weighted by molar-refractivity contribution is 0.669. The maximum atomic E-state index is 6.22. The zero-order chi connectivity index (χ0) is 29.5. The fraction of sp³-hybridized carbons (Fsp3) is 0.0250. The number of aromatic nitrogens is 3. The van der Waals surface area contributed by atoms with E-state index in [1.807, 2.05) is 66.7 Å². The van der Waals surface area contributed by atoms with Crippen molar-refractivity contribution in [2.24, 2.45) is 0 Å². The molecule has 2 heterocycles. The van der Waals surface area contributed by atoms with Gasteiger partial charge in [-0.3, -0.25) is 0 Å². The SMILES string of the molecule is Cc1c(-c2ccccc2)cc(-c2nc(-c3ccccc3)nc(-c3ccc4c(c3)oc3ccccc34)n2)cc1-c1ccccc1. The molecule has 0 aliphatic carbocycles. The van der Waals surface area contributed by atoms with Crippen LogP contribution in [0.3, 0.4) is 0 Å². The van der Waals surface area contributed by atoms with Gasteiger partial charge in [-0.2, -0.15) is 0 Å². The Hall–Kier alpha value is -5.87. The van der Waals surface area contributed by atoms with Crippen LogP contribution in [0.15, 0.2) is 150 Å². The number of hydrogen-bond donors (Lipinski definition) is 0. The Balaban J connectivity index is 1.36. The summed E-state index contributed by atoms with van der Waals surface area (Å²) in [6.07, 6.45) is 0. The van der Waals surface area contributed by atoms with Crippen LogP contribution in [-0.2, 0) is 0 Å². The van der Waals surface area contributed by atoms with Gasteiger partial charge >= 0.3 is 0 Å². The molecule has 0 spiro atoms. The Kier molecular flexibility index (Phi) is 6.31. The third kappa shape index (κ3) is 4.63. The number of rotatable bonds is 5. The number of hydrogen-bond acceptors (Lipinski definition) is 4. The highest BCUT2D eigenvalue weighted by atomic mass is 16.3. The summed E-state index contributed by atoms with van der Waals surface area (Å²) in [4.78, 5) is 15.1. The number of furan rings is 1. The molecule has 0 unspecified atom stereocenters. The van der Waals surface area contributed by atoms with Crippen molar-refractivity contribution in [3.8, 4) is 56.4 Å². The summed E-state index contributed by atoms with van der Waals surface area (Å²) in [7, 11) is 0. The van der Waals surface area contributed by atoms with Gasteiger partial charge in [-0.15, -0.1) is 0 Å². The minimum Gasteiger partial charge on any atom is -0.456 e. The zero-order valence-corrected chi connectivity index (χ0v) is 24.1. The Bertz CT molecular complexity index is 2210. The minimum absolute atomic E-state index is 0.597. The van der Waals surface area contributed by atoms with Gasteiger partial charge in [0.05, 0.1) is 0 Å². The second-order valence-electron chi connectivity index (χ2n) is 10.9. The topological polar surface area (TPSA) is 51.8 Å². The summed E-state index contributed by atoms with van der Waals surface area (Å²) >= 11 is 0. The van der Waals surface area contributed by atoms with Crippen molar-refractivity contribution in [2.45, 2.75) is 6.92 Å². The molecule has 0 aliphatic rings. The van der Waals surface area contributed by atoms with Gasteiger partial charge in [-0.1, -0.05) is 115 Å². The van der Waals surface area contributed by atoms with E-state index >= 15 is 0 Å². The Morgan fingerprint density at radius 1 is 0.386 bits per heavy atom. The largest absolute Gasteiger partial charge is 0.456 e. The normalized spacial score (nSPS) is 11.3. The number of fused-ring (bicyclic) bond motifs is 3. The number of benzene rings is 6. The van der Waals surface area contributed by atoms with Crippen LogP contribution in [0.25, 0.3) is 78.4 Å². The van der Waals surface area contributed by atoms with Crippen LogP contribution in [0.1, 0.15) is 5.56 Å². The lowest BCUT2D eigenvalue weighted by Crippen LogP contribution is -2.01. The van der Waals surface area contributed by atoms with Gasteiger partial charge in [0.2, 0.25) is 0 Å². The maximum Gasteiger partial charge on any atom is 0.164 e. The molecule has 8 rings (SSSR count). The quantitative estimate of drug-likeness (QED) is 0.208. The third-order valence-electron chi connectivity index (χ3n) is 8.14. The summed E-state index contributed by atoms with van der Waals surface area (Å²) in [5.74, 6) is 1.84. The van der Waals surface area contributed by atoms with Crippen molar-refractivity contribution >= 4 is 21.9 Å². The van der Waals surface area contributed by atoms with E-state index in [9.17, 15) is 0 Å². The molecule has 0 radical (unpaired) electrons. The zero-order valence-electron chi connectivity index (χ0n) is 24.1. The summed E-state index contributed by atoms with van der Waals surface area (Å²) < 4.78 is 6.22. The molecule has 0 N–H and O–H groups in total. The van der Waals surface area contributed by atoms with Crippen LogP contribution in [0.4, 0.5) is 0 Å². The molecule has 4 nitrogen and oxygen atoms in total. The highest BCUT2D eigenvalue weighted by Crippen LogP contribution is 2.37. The predicted molar refractivity (Wildman–Crippen MR) is 179 cm³/mol. The molecule has 208 valence electrons. The van der Waals surface area contributed by atoms with Crippen molar-refractivity contribution < 1.29 is 4.42 Å². The Morgan fingerprint density at radius 2 is 0.864 bits per heavy atom. The Labute approximate surface area is 255 Å². The van der Waals surface area contributed by atoms with Crippen LogP contribution in [0.2, 0.25) is 0 Å². The predicted octanol–water partition coefficient (Wildman–Crippen LogP) is 10.4. The van der Waals surface area contributed by atoms with E-state index in [-0.39, 0.29) is 0 Å². The van der Waals surface area contributed by atoms with Gasteiger partial charge in [-0.25, -0.2) is 15.0 Å². The highest BCUT2D eigenvalue weighted by Gasteiger charge is 2.18. The van der Waals surface area contributed by atoms with Gasteiger partial charge in [0.25, 0.3) is 0 Å². The number of para-hydroxylation sites is 1. The molecule has 6 aromatic carbocycles. The van der Waals surface area contributed by atoms with Gasteiger partial charge in [0.1, 0.15) is 11.2 Å². The first kappa shape index (κ1) is 25.8. The van der Waals surface area contributed by atoms with Crippen LogP contribution in [-0.4, -0.2) is 15.0 Å². The van der Waals surface area contributed by atoms with Gasteiger partial charge < -0.3 is 4.42 Å². The molecule has 0 bridgehead atoms. The van der Waals surface area contributed by atoms with E-state index in [0.29, 0.717) is 17.5 Å². The summed E-state index contributed by atoms with van der Waals surface area (Å²) in [5, 5.41) is 2.16. The molecular formula is C40H27N3O. The van der Waals surface area contributed by atoms with Gasteiger partial charge in [0.15, 0.2) is 17.5 Å². The fourth-order valence-electron chi connectivity index (χ4n) is 5.89. The van der Waals surface area contributed by atoms with E-state index in [0.717, 1.165) is 60.9 Å². The second kappa shape index (κ2) is 10.8. The van der Waals surface area contributed by atoms with E-state index < -0.39 is 0 Å². The molecule has 8 aromatic rings. The Morgan fingerprint density at radius 3 is 1.48 bits per heavy atom. The van der Waals surface area contributed by atoms with Crippen molar-refractivity contribution in [1.29, 1.82) is 0 Å². The smallest absolute Gasteiger partial charge is 0.164 e. The van der Waals surface area contributed by atoms with Crippen molar-refractivity contribution in [3.05, 3.63) is 151 Å². The van der Waals surface area contributed by atoms with Crippen LogP contribution in [0, 0.1) is 6.92 Å².